The Labute approximate surface area is 152 Å². The predicted molar refractivity (Wildman–Crippen MR) is 99.5 cm³/mol. The number of rotatable bonds is 6. The fraction of sp³-hybridized carbons (Fsp3) is 0.238. The second-order valence-electron chi connectivity index (χ2n) is 6.01. The number of ketones is 1. The van der Waals surface area contributed by atoms with Gasteiger partial charge in [0.1, 0.15) is 0 Å². The molecule has 2 rings (SSSR count). The number of ether oxygens (including phenoxy) is 2. The molecule has 1 atom stereocenters. The minimum Gasteiger partial charge on any atom is -0.504 e. The maximum Gasteiger partial charge on any atom is 0.331 e. The number of Topliss-reactive ketones (excluding diaryl/α,β-unsaturated/α-hetero) is 1. The first kappa shape index (κ1) is 19.2. The molecule has 0 bridgehead atoms. The Hall–Kier alpha value is -3.08. The van der Waals surface area contributed by atoms with Crippen LogP contribution in [-0.4, -0.2) is 30.1 Å². The van der Waals surface area contributed by atoms with E-state index in [4.69, 9.17) is 9.47 Å². The molecule has 0 aliphatic rings. The summed E-state index contributed by atoms with van der Waals surface area (Å²) >= 11 is 0. The van der Waals surface area contributed by atoms with E-state index in [1.165, 1.54) is 25.3 Å². The smallest absolute Gasteiger partial charge is 0.331 e. The molecular formula is C21H22O5. The van der Waals surface area contributed by atoms with E-state index in [0.717, 1.165) is 11.1 Å². The Kier molecular flexibility index (Phi) is 6.17. The SMILES string of the molecule is COc1cc(/C=C/C(=O)O[C@H](C)C(=O)c2ccc(C)c(C)c2)ccc1O. The van der Waals surface area contributed by atoms with Crippen molar-refractivity contribution < 1.29 is 24.2 Å². The van der Waals surface area contributed by atoms with Crippen LogP contribution in [-0.2, 0) is 9.53 Å². The molecule has 0 saturated heterocycles. The van der Waals surface area contributed by atoms with Crippen LogP contribution >= 0.6 is 0 Å². The van der Waals surface area contributed by atoms with Crippen LogP contribution in [0.5, 0.6) is 11.5 Å². The molecule has 0 radical (unpaired) electrons. The van der Waals surface area contributed by atoms with Gasteiger partial charge in [0.2, 0.25) is 5.78 Å². The monoisotopic (exact) mass is 354 g/mol. The zero-order valence-corrected chi connectivity index (χ0v) is 15.3. The average molecular weight is 354 g/mol. The number of phenols is 1. The molecule has 0 heterocycles. The van der Waals surface area contributed by atoms with E-state index in [2.05, 4.69) is 0 Å². The van der Waals surface area contributed by atoms with E-state index in [-0.39, 0.29) is 11.5 Å². The van der Waals surface area contributed by atoms with E-state index in [0.29, 0.717) is 16.9 Å². The third-order valence-electron chi connectivity index (χ3n) is 4.07. The minimum atomic E-state index is -0.886. The molecular weight excluding hydrogens is 332 g/mol. The van der Waals surface area contributed by atoms with Crippen LogP contribution in [0.25, 0.3) is 6.08 Å². The molecule has 0 spiro atoms. The van der Waals surface area contributed by atoms with Gasteiger partial charge in [0.15, 0.2) is 17.6 Å². The summed E-state index contributed by atoms with van der Waals surface area (Å²) in [7, 11) is 1.44. The zero-order valence-electron chi connectivity index (χ0n) is 15.3. The number of aromatic hydroxyl groups is 1. The van der Waals surface area contributed by atoms with Gasteiger partial charge in [-0.15, -0.1) is 0 Å². The van der Waals surface area contributed by atoms with E-state index in [1.54, 1.807) is 31.2 Å². The number of esters is 1. The molecule has 0 aliphatic carbocycles. The first-order chi connectivity index (χ1) is 12.3. The van der Waals surface area contributed by atoms with Crippen molar-refractivity contribution in [1.82, 2.24) is 0 Å². The molecule has 0 unspecified atom stereocenters. The topological polar surface area (TPSA) is 72.8 Å². The van der Waals surface area contributed by atoms with E-state index >= 15 is 0 Å². The van der Waals surface area contributed by atoms with Gasteiger partial charge in [0.05, 0.1) is 7.11 Å². The van der Waals surface area contributed by atoms with Crippen LogP contribution in [0.4, 0.5) is 0 Å². The molecule has 0 aliphatic heterocycles. The molecule has 2 aromatic carbocycles. The average Bonchev–Trinajstić information content (AvgIpc) is 2.62. The number of methoxy groups -OCH3 is 1. The molecule has 1 N–H and O–H groups in total. The lowest BCUT2D eigenvalue weighted by Crippen LogP contribution is -2.23. The zero-order chi connectivity index (χ0) is 19.3. The van der Waals surface area contributed by atoms with Gasteiger partial charge in [-0.2, -0.15) is 0 Å². The van der Waals surface area contributed by atoms with Gasteiger partial charge in [-0.3, -0.25) is 4.79 Å². The maximum absolute atomic E-state index is 12.4. The second kappa shape index (κ2) is 8.34. The second-order valence-corrected chi connectivity index (χ2v) is 6.01. The number of aryl methyl sites for hydroxylation is 2. The Morgan fingerprint density at radius 2 is 1.81 bits per heavy atom. The number of hydrogen-bond donors (Lipinski definition) is 1. The van der Waals surface area contributed by atoms with Gasteiger partial charge in [-0.25, -0.2) is 4.79 Å². The van der Waals surface area contributed by atoms with Crippen molar-refractivity contribution in [2.24, 2.45) is 0 Å². The molecule has 2 aromatic rings. The van der Waals surface area contributed by atoms with Crippen molar-refractivity contribution in [3.05, 3.63) is 64.7 Å². The molecule has 0 saturated carbocycles. The first-order valence-electron chi connectivity index (χ1n) is 8.19. The van der Waals surface area contributed by atoms with E-state index in [1.807, 2.05) is 19.9 Å². The van der Waals surface area contributed by atoms with Crippen molar-refractivity contribution >= 4 is 17.8 Å². The summed E-state index contributed by atoms with van der Waals surface area (Å²) < 4.78 is 10.2. The predicted octanol–water partition coefficient (Wildman–Crippen LogP) is 3.85. The third kappa shape index (κ3) is 4.72. The number of phenolic OH excluding ortho intramolecular Hbond substituents is 1. The Bertz CT molecular complexity index is 851. The van der Waals surface area contributed by atoms with Crippen molar-refractivity contribution in [1.29, 1.82) is 0 Å². The number of hydrogen-bond acceptors (Lipinski definition) is 5. The van der Waals surface area contributed by atoms with Crippen LogP contribution in [0.15, 0.2) is 42.5 Å². The lowest BCUT2D eigenvalue weighted by atomic mass is 10.0. The van der Waals surface area contributed by atoms with Gasteiger partial charge >= 0.3 is 5.97 Å². The summed E-state index contributed by atoms with van der Waals surface area (Å²) in [5.41, 5.74) is 3.28. The molecule has 0 fully saturated rings. The normalized spacial score (nSPS) is 12.0. The summed E-state index contributed by atoms with van der Waals surface area (Å²) in [6.07, 6.45) is 1.87. The van der Waals surface area contributed by atoms with Crippen molar-refractivity contribution in [2.45, 2.75) is 26.9 Å². The van der Waals surface area contributed by atoms with E-state index < -0.39 is 12.1 Å². The van der Waals surface area contributed by atoms with E-state index in [9.17, 15) is 14.7 Å². The highest BCUT2D eigenvalue weighted by atomic mass is 16.5. The Morgan fingerprint density at radius 3 is 2.46 bits per heavy atom. The van der Waals surface area contributed by atoms with Crippen LogP contribution in [0.3, 0.4) is 0 Å². The van der Waals surface area contributed by atoms with Crippen LogP contribution in [0.2, 0.25) is 0 Å². The van der Waals surface area contributed by atoms with Crippen LogP contribution < -0.4 is 4.74 Å². The van der Waals surface area contributed by atoms with Crippen LogP contribution in [0, 0.1) is 13.8 Å². The lowest BCUT2D eigenvalue weighted by Gasteiger charge is -2.12. The lowest BCUT2D eigenvalue weighted by molar-refractivity contribution is -0.140. The molecule has 26 heavy (non-hydrogen) atoms. The van der Waals surface area contributed by atoms with Gasteiger partial charge in [0.25, 0.3) is 0 Å². The van der Waals surface area contributed by atoms with Gasteiger partial charge in [-0.05, 0) is 61.7 Å². The summed E-state index contributed by atoms with van der Waals surface area (Å²) in [5.74, 6) is -0.554. The molecule has 0 amide bonds. The van der Waals surface area contributed by atoms with Gasteiger partial charge in [-0.1, -0.05) is 18.2 Å². The largest absolute Gasteiger partial charge is 0.504 e. The maximum atomic E-state index is 12.4. The van der Waals surface area contributed by atoms with Gasteiger partial charge in [0, 0.05) is 11.6 Å². The third-order valence-corrected chi connectivity index (χ3v) is 4.07. The fourth-order valence-corrected chi connectivity index (χ4v) is 2.36. The van der Waals surface area contributed by atoms with Crippen LogP contribution in [0.1, 0.15) is 34.0 Å². The number of benzene rings is 2. The standard InChI is InChI=1S/C21H22O5/c1-13-5-8-17(11-14(13)2)21(24)15(3)26-20(23)10-7-16-6-9-18(22)19(12-16)25-4/h5-12,15,22H,1-4H3/b10-7+/t15-/m1/s1. The summed E-state index contributed by atoms with van der Waals surface area (Å²) in [6.45, 7) is 5.44. The molecule has 5 heteroatoms. The van der Waals surface area contributed by atoms with Crippen molar-refractivity contribution in [2.75, 3.05) is 7.11 Å². The summed E-state index contributed by atoms with van der Waals surface area (Å²) in [4.78, 5) is 24.4. The highest BCUT2D eigenvalue weighted by Crippen LogP contribution is 2.26. The fourth-order valence-electron chi connectivity index (χ4n) is 2.36. The summed E-state index contributed by atoms with van der Waals surface area (Å²) in [5, 5.41) is 9.56. The van der Waals surface area contributed by atoms with Crippen molar-refractivity contribution in [3.8, 4) is 11.5 Å². The molecule has 5 nitrogen and oxygen atoms in total. The van der Waals surface area contributed by atoms with Crippen molar-refractivity contribution in [3.63, 3.8) is 0 Å². The summed E-state index contributed by atoms with van der Waals surface area (Å²) in [6, 6.07) is 10.1. The Balaban J connectivity index is 2.02. The first-order valence-corrected chi connectivity index (χ1v) is 8.19. The number of carbonyl (C=O) groups excluding carboxylic acids is 2. The number of carbonyl (C=O) groups is 2. The quantitative estimate of drug-likeness (QED) is 0.485. The molecule has 0 aromatic heterocycles. The highest BCUT2D eigenvalue weighted by Gasteiger charge is 2.18. The van der Waals surface area contributed by atoms with Gasteiger partial charge < -0.3 is 14.6 Å². The highest BCUT2D eigenvalue weighted by molar-refractivity contribution is 6.01. The Morgan fingerprint density at radius 1 is 1.08 bits per heavy atom. The molecule has 136 valence electrons. The minimum absolute atomic E-state index is 0.0137.